The minimum atomic E-state index is -5.06. The third kappa shape index (κ3) is 4.09. The maximum absolute atomic E-state index is 13.3. The van der Waals surface area contributed by atoms with Gasteiger partial charge in [-0.15, -0.1) is 0 Å². The first kappa shape index (κ1) is 21.2. The van der Waals surface area contributed by atoms with Crippen molar-refractivity contribution in [2.24, 2.45) is 0 Å². The Hall–Kier alpha value is -2.56. The van der Waals surface area contributed by atoms with E-state index >= 15 is 0 Å². The number of fused-ring (bicyclic) bond motifs is 1. The number of alkyl halides is 6. The van der Waals surface area contributed by atoms with Crippen LogP contribution in [0.2, 0.25) is 0 Å². The fraction of sp³-hybridized carbons (Fsp3) is 0.444. The number of carbonyl (C=O) groups is 1. The number of para-hydroxylation sites is 1. The molecule has 0 saturated carbocycles. The van der Waals surface area contributed by atoms with E-state index in [4.69, 9.17) is 0 Å². The zero-order valence-electron chi connectivity index (χ0n) is 14.8. The topological polar surface area (TPSA) is 73.7 Å². The summed E-state index contributed by atoms with van der Waals surface area (Å²) < 4.78 is 79.9. The molecule has 2 atom stereocenters. The van der Waals surface area contributed by atoms with Gasteiger partial charge in [0.25, 0.3) is 0 Å². The maximum atomic E-state index is 13.3. The van der Waals surface area contributed by atoms with E-state index < -0.39 is 52.9 Å². The molecule has 0 aliphatic carbocycles. The molecule has 0 radical (unpaired) electrons. The van der Waals surface area contributed by atoms with Crippen LogP contribution in [0.15, 0.2) is 24.3 Å². The largest absolute Gasteiger partial charge is 0.465 e. The highest BCUT2D eigenvalue weighted by atomic mass is 19.4. The number of nitrogens with zero attached hydrogens (tertiary/aromatic N) is 2. The van der Waals surface area contributed by atoms with Crippen LogP contribution in [0.1, 0.15) is 42.2 Å². The summed E-state index contributed by atoms with van der Waals surface area (Å²) in [6.45, 7) is 0.0694. The molecule has 1 aromatic carbocycles. The van der Waals surface area contributed by atoms with Gasteiger partial charge in [0.15, 0.2) is 0 Å². The third-order valence-corrected chi connectivity index (χ3v) is 4.95. The summed E-state index contributed by atoms with van der Waals surface area (Å²) in [7, 11) is 0. The number of likely N-dealkylation sites (tertiary alicyclic amines) is 1. The Morgan fingerprint density at radius 3 is 2.41 bits per heavy atom. The quantitative estimate of drug-likeness (QED) is 0.680. The second-order valence-electron chi connectivity index (χ2n) is 6.78. The average molecular weight is 422 g/mol. The van der Waals surface area contributed by atoms with Crippen molar-refractivity contribution in [2.45, 2.75) is 43.8 Å². The van der Waals surface area contributed by atoms with E-state index in [1.165, 1.54) is 0 Å². The number of pyridine rings is 1. The van der Waals surface area contributed by atoms with Gasteiger partial charge in [-0.2, -0.15) is 26.3 Å². The lowest BCUT2D eigenvalue weighted by Crippen LogP contribution is -2.46. The van der Waals surface area contributed by atoms with Gasteiger partial charge >= 0.3 is 18.4 Å². The van der Waals surface area contributed by atoms with E-state index in [1.807, 2.05) is 0 Å². The predicted molar refractivity (Wildman–Crippen MR) is 89.1 cm³/mol. The molecule has 1 saturated heterocycles. The van der Waals surface area contributed by atoms with Gasteiger partial charge in [0.1, 0.15) is 11.8 Å². The molecule has 2 heterocycles. The molecular weight excluding hydrogens is 406 g/mol. The van der Waals surface area contributed by atoms with Gasteiger partial charge in [0.05, 0.1) is 17.1 Å². The number of carboxylic acid groups (broad SMARTS) is 1. The number of hydrogen-bond acceptors (Lipinski definition) is 3. The van der Waals surface area contributed by atoms with Crippen molar-refractivity contribution in [3.63, 3.8) is 0 Å². The Kier molecular flexibility index (Phi) is 5.37. The number of piperidine rings is 1. The molecule has 2 aromatic rings. The Morgan fingerprint density at radius 2 is 1.83 bits per heavy atom. The molecule has 0 bridgehead atoms. The highest BCUT2D eigenvalue weighted by molar-refractivity contribution is 5.86. The van der Waals surface area contributed by atoms with Crippen molar-refractivity contribution in [2.75, 3.05) is 6.54 Å². The number of rotatable bonds is 2. The van der Waals surface area contributed by atoms with Crippen molar-refractivity contribution in [1.82, 2.24) is 9.88 Å². The Balaban J connectivity index is 2.24. The van der Waals surface area contributed by atoms with Crippen LogP contribution in [-0.4, -0.2) is 38.8 Å². The highest BCUT2D eigenvalue weighted by Gasteiger charge is 2.40. The number of benzene rings is 1. The fourth-order valence-electron chi connectivity index (χ4n) is 3.62. The number of hydrogen-bond donors (Lipinski definition) is 2. The molecule has 5 nitrogen and oxygen atoms in total. The Labute approximate surface area is 160 Å². The van der Waals surface area contributed by atoms with E-state index in [2.05, 4.69) is 4.98 Å². The number of aromatic nitrogens is 1. The van der Waals surface area contributed by atoms with Crippen LogP contribution in [0.4, 0.5) is 31.1 Å². The van der Waals surface area contributed by atoms with Crippen molar-refractivity contribution in [3.8, 4) is 0 Å². The molecule has 1 aliphatic rings. The Morgan fingerprint density at radius 1 is 1.14 bits per heavy atom. The van der Waals surface area contributed by atoms with Gasteiger partial charge < -0.3 is 15.1 Å². The van der Waals surface area contributed by atoms with Crippen molar-refractivity contribution in [3.05, 3.63) is 41.1 Å². The SMILES string of the molecule is O=C(O)N1CCCCC1[C@@H](O)c1cc(C(F)(F)F)nc2c(C(F)(F)F)cccc12. The molecule has 29 heavy (non-hydrogen) atoms. The summed E-state index contributed by atoms with van der Waals surface area (Å²) in [6.07, 6.45) is -11.9. The number of aliphatic hydroxyl groups excluding tert-OH is 1. The van der Waals surface area contributed by atoms with Crippen LogP contribution in [0.25, 0.3) is 10.9 Å². The van der Waals surface area contributed by atoms with Crippen LogP contribution >= 0.6 is 0 Å². The summed E-state index contributed by atoms with van der Waals surface area (Å²) in [4.78, 5) is 15.5. The monoisotopic (exact) mass is 422 g/mol. The van der Waals surface area contributed by atoms with Gasteiger partial charge in [-0.25, -0.2) is 9.78 Å². The molecule has 0 spiro atoms. The summed E-state index contributed by atoms with van der Waals surface area (Å²) in [5.41, 5.74) is -4.34. The molecule has 158 valence electrons. The summed E-state index contributed by atoms with van der Waals surface area (Å²) >= 11 is 0. The van der Waals surface area contributed by atoms with Gasteiger partial charge in [-0.1, -0.05) is 12.1 Å². The van der Waals surface area contributed by atoms with Crippen molar-refractivity contribution >= 4 is 17.0 Å². The van der Waals surface area contributed by atoms with Crippen LogP contribution in [0.5, 0.6) is 0 Å². The molecule has 1 fully saturated rings. The van der Waals surface area contributed by atoms with Gasteiger partial charge in [-0.05, 0) is 37.0 Å². The highest BCUT2D eigenvalue weighted by Crippen LogP contribution is 2.40. The molecule has 2 N–H and O–H groups in total. The first-order chi connectivity index (χ1) is 13.4. The first-order valence-electron chi connectivity index (χ1n) is 8.67. The standard InChI is InChI=1S/C18H16F6N2O3/c19-17(20,21)11-5-3-4-9-10(8-13(18(22,23)24)25-14(9)11)15(27)12-6-1-2-7-26(12)16(28)29/h3-5,8,12,15,27H,1-2,6-7H2,(H,28,29)/t12?,15-/m0/s1. The predicted octanol–water partition coefficient (Wildman–Crippen LogP) is 4.84. The van der Waals surface area contributed by atoms with E-state index in [-0.39, 0.29) is 18.4 Å². The molecule has 1 aromatic heterocycles. The summed E-state index contributed by atoms with van der Waals surface area (Å²) in [5.74, 6) is 0. The van der Waals surface area contributed by atoms with Gasteiger partial charge in [-0.3, -0.25) is 0 Å². The summed E-state index contributed by atoms with van der Waals surface area (Å²) in [5, 5.41) is 19.8. The minimum Gasteiger partial charge on any atom is -0.465 e. The van der Waals surface area contributed by atoms with E-state index in [0.29, 0.717) is 25.0 Å². The smallest absolute Gasteiger partial charge is 0.433 e. The van der Waals surface area contributed by atoms with E-state index in [1.54, 1.807) is 0 Å². The average Bonchev–Trinajstić information content (AvgIpc) is 2.64. The lowest BCUT2D eigenvalue weighted by molar-refractivity contribution is -0.142. The molecular formula is C18H16F6N2O3. The molecule has 1 aliphatic heterocycles. The maximum Gasteiger partial charge on any atom is 0.433 e. The summed E-state index contributed by atoms with van der Waals surface area (Å²) in [6, 6.07) is 2.15. The van der Waals surface area contributed by atoms with Crippen LogP contribution in [-0.2, 0) is 12.4 Å². The fourth-order valence-corrected chi connectivity index (χ4v) is 3.62. The van der Waals surface area contributed by atoms with Crippen molar-refractivity contribution < 1.29 is 41.4 Å². The number of amides is 1. The molecule has 1 unspecified atom stereocenters. The van der Waals surface area contributed by atoms with E-state index in [9.17, 15) is 41.4 Å². The lowest BCUT2D eigenvalue weighted by Gasteiger charge is -2.37. The number of halogens is 6. The molecule has 11 heteroatoms. The zero-order chi connectivity index (χ0) is 21.6. The van der Waals surface area contributed by atoms with Crippen LogP contribution < -0.4 is 0 Å². The number of aliphatic hydroxyl groups is 1. The lowest BCUT2D eigenvalue weighted by atomic mass is 9.90. The Bertz CT molecular complexity index is 928. The van der Waals surface area contributed by atoms with Gasteiger partial charge in [0, 0.05) is 11.9 Å². The van der Waals surface area contributed by atoms with Crippen LogP contribution in [0.3, 0.4) is 0 Å². The normalized spacial score (nSPS) is 19.4. The molecule has 3 rings (SSSR count). The minimum absolute atomic E-state index is 0.0694. The van der Waals surface area contributed by atoms with Crippen LogP contribution in [0, 0.1) is 0 Å². The third-order valence-electron chi connectivity index (χ3n) is 4.95. The molecule has 1 amide bonds. The first-order valence-corrected chi connectivity index (χ1v) is 8.67. The second-order valence-corrected chi connectivity index (χ2v) is 6.78. The zero-order valence-corrected chi connectivity index (χ0v) is 14.8. The van der Waals surface area contributed by atoms with Crippen molar-refractivity contribution in [1.29, 1.82) is 0 Å². The second kappa shape index (κ2) is 7.36. The van der Waals surface area contributed by atoms with E-state index in [0.717, 1.165) is 17.0 Å². The van der Waals surface area contributed by atoms with Gasteiger partial charge in [0.2, 0.25) is 0 Å².